The summed E-state index contributed by atoms with van der Waals surface area (Å²) in [5.41, 5.74) is 9.66. The maximum absolute atomic E-state index is 11.7. The number of hydrogen-bond acceptors (Lipinski definition) is 4. The molecule has 0 saturated carbocycles. The number of hydrogen-bond donors (Lipinski definition) is 0. The van der Waals surface area contributed by atoms with Crippen molar-refractivity contribution in [3.05, 3.63) is 72.9 Å². The summed E-state index contributed by atoms with van der Waals surface area (Å²) in [6.07, 6.45) is 2.31. The molecule has 1 aromatic carbocycles. The standard InChI is InChI=1S/C16H14ClN3O2S/c1-2-22-16(21)15(19-20-18)10-14-8-7-13(23-14)9-11-3-5-12(17)6-4-11/h3-8,10H,2,9H2,1H3/b15-10-. The van der Waals surface area contributed by atoms with Crippen LogP contribution in [-0.4, -0.2) is 12.6 Å². The van der Waals surface area contributed by atoms with Gasteiger partial charge in [-0.25, -0.2) is 4.79 Å². The molecule has 1 heterocycles. The number of benzene rings is 1. The molecular formula is C16H14ClN3O2S. The third kappa shape index (κ3) is 5.14. The second kappa shape index (κ2) is 8.39. The lowest BCUT2D eigenvalue weighted by Gasteiger charge is -2.00. The van der Waals surface area contributed by atoms with Crippen LogP contribution in [0.4, 0.5) is 0 Å². The van der Waals surface area contributed by atoms with Gasteiger partial charge in [0, 0.05) is 26.1 Å². The number of thiophene rings is 1. The molecule has 0 saturated heterocycles. The highest BCUT2D eigenvalue weighted by molar-refractivity contribution is 7.12. The highest BCUT2D eigenvalue weighted by Gasteiger charge is 2.09. The van der Waals surface area contributed by atoms with Crippen molar-refractivity contribution in [2.45, 2.75) is 13.3 Å². The third-order valence-corrected chi connectivity index (χ3v) is 4.17. The van der Waals surface area contributed by atoms with Crippen LogP contribution in [0, 0.1) is 0 Å². The van der Waals surface area contributed by atoms with E-state index in [2.05, 4.69) is 10.0 Å². The summed E-state index contributed by atoms with van der Waals surface area (Å²) in [6, 6.07) is 11.5. The molecule has 0 bridgehead atoms. The molecule has 0 aliphatic carbocycles. The van der Waals surface area contributed by atoms with Crippen molar-refractivity contribution in [3.63, 3.8) is 0 Å². The average molecular weight is 348 g/mol. The molecule has 0 aliphatic heterocycles. The number of halogens is 1. The lowest BCUT2D eigenvalue weighted by Crippen LogP contribution is -2.05. The Morgan fingerprint density at radius 3 is 2.74 bits per heavy atom. The minimum absolute atomic E-state index is 0.0470. The van der Waals surface area contributed by atoms with E-state index < -0.39 is 5.97 Å². The second-order valence-corrected chi connectivity index (χ2v) is 6.18. The number of rotatable bonds is 6. The summed E-state index contributed by atoms with van der Waals surface area (Å²) < 4.78 is 4.86. The summed E-state index contributed by atoms with van der Waals surface area (Å²) in [7, 11) is 0. The fourth-order valence-electron chi connectivity index (χ4n) is 1.89. The molecule has 1 aromatic heterocycles. The molecule has 23 heavy (non-hydrogen) atoms. The minimum atomic E-state index is -0.627. The lowest BCUT2D eigenvalue weighted by atomic mass is 10.1. The minimum Gasteiger partial charge on any atom is -0.462 e. The van der Waals surface area contributed by atoms with E-state index in [0.29, 0.717) is 5.02 Å². The normalized spacial score (nSPS) is 11.0. The van der Waals surface area contributed by atoms with Crippen molar-refractivity contribution >= 4 is 35.0 Å². The highest BCUT2D eigenvalue weighted by atomic mass is 35.5. The van der Waals surface area contributed by atoms with Gasteiger partial charge in [-0.05, 0) is 48.4 Å². The molecule has 0 radical (unpaired) electrons. The predicted molar refractivity (Wildman–Crippen MR) is 92.3 cm³/mol. The number of ether oxygens (including phenoxy) is 1. The number of azide groups is 1. The number of nitrogens with zero attached hydrogens (tertiary/aromatic N) is 3. The van der Waals surface area contributed by atoms with E-state index in [1.807, 2.05) is 36.4 Å². The van der Waals surface area contributed by atoms with Crippen LogP contribution in [0.25, 0.3) is 16.5 Å². The Kier molecular flexibility index (Phi) is 6.23. The Morgan fingerprint density at radius 2 is 2.09 bits per heavy atom. The highest BCUT2D eigenvalue weighted by Crippen LogP contribution is 2.23. The second-order valence-electron chi connectivity index (χ2n) is 4.55. The van der Waals surface area contributed by atoms with Crippen LogP contribution in [0.2, 0.25) is 5.02 Å². The molecule has 7 heteroatoms. The maximum Gasteiger partial charge on any atom is 0.340 e. The van der Waals surface area contributed by atoms with E-state index in [1.165, 1.54) is 17.4 Å². The first-order valence-corrected chi connectivity index (χ1v) is 8.09. The van der Waals surface area contributed by atoms with E-state index in [4.69, 9.17) is 21.9 Å². The van der Waals surface area contributed by atoms with Crippen molar-refractivity contribution < 1.29 is 9.53 Å². The van der Waals surface area contributed by atoms with Gasteiger partial charge in [-0.1, -0.05) is 28.8 Å². The average Bonchev–Trinajstić information content (AvgIpc) is 2.96. The maximum atomic E-state index is 11.7. The largest absolute Gasteiger partial charge is 0.462 e. The van der Waals surface area contributed by atoms with Crippen LogP contribution < -0.4 is 0 Å². The third-order valence-electron chi connectivity index (χ3n) is 2.89. The molecule has 0 amide bonds. The molecular weight excluding hydrogens is 334 g/mol. The van der Waals surface area contributed by atoms with Gasteiger partial charge in [0.15, 0.2) is 0 Å². The SMILES string of the molecule is CCOC(=O)/C(=C/c1ccc(Cc2ccc(Cl)cc2)s1)N=[N+]=[N-]. The van der Waals surface area contributed by atoms with Crippen molar-refractivity contribution in [1.82, 2.24) is 0 Å². The van der Waals surface area contributed by atoms with Gasteiger partial charge in [-0.2, -0.15) is 0 Å². The van der Waals surface area contributed by atoms with Gasteiger partial charge >= 0.3 is 5.97 Å². The predicted octanol–water partition coefficient (Wildman–Crippen LogP) is 5.21. The molecule has 5 nitrogen and oxygen atoms in total. The molecule has 0 atom stereocenters. The van der Waals surface area contributed by atoms with Crippen LogP contribution >= 0.6 is 22.9 Å². The molecule has 0 aliphatic rings. The number of carbonyl (C=O) groups is 1. The fraction of sp³-hybridized carbons (Fsp3) is 0.188. The van der Waals surface area contributed by atoms with E-state index in [1.54, 1.807) is 6.92 Å². The Hall–Kier alpha value is -2.27. The van der Waals surface area contributed by atoms with Crippen molar-refractivity contribution in [3.8, 4) is 0 Å². The van der Waals surface area contributed by atoms with Gasteiger partial charge in [0.2, 0.25) is 0 Å². The zero-order valence-electron chi connectivity index (χ0n) is 12.4. The molecule has 0 fully saturated rings. The van der Waals surface area contributed by atoms with Gasteiger partial charge in [-0.3, -0.25) is 0 Å². The summed E-state index contributed by atoms with van der Waals surface area (Å²) in [5.74, 6) is -0.627. The zero-order valence-corrected chi connectivity index (χ0v) is 14.0. The molecule has 2 aromatic rings. The van der Waals surface area contributed by atoms with E-state index >= 15 is 0 Å². The van der Waals surface area contributed by atoms with Crippen molar-refractivity contribution in [2.75, 3.05) is 6.61 Å². The topological polar surface area (TPSA) is 75.1 Å². The summed E-state index contributed by atoms with van der Waals surface area (Å²) in [6.45, 7) is 1.92. The van der Waals surface area contributed by atoms with Gasteiger partial charge in [0.25, 0.3) is 0 Å². The summed E-state index contributed by atoms with van der Waals surface area (Å²) in [4.78, 5) is 16.3. The Morgan fingerprint density at radius 1 is 1.35 bits per heavy atom. The number of carbonyl (C=O) groups excluding carboxylic acids is 1. The molecule has 118 valence electrons. The van der Waals surface area contributed by atoms with Gasteiger partial charge in [0.05, 0.1) is 6.61 Å². The Balaban J connectivity index is 2.16. The first-order valence-electron chi connectivity index (χ1n) is 6.89. The van der Waals surface area contributed by atoms with E-state index in [9.17, 15) is 4.79 Å². The Labute approximate surface area is 142 Å². The zero-order chi connectivity index (χ0) is 16.7. The smallest absolute Gasteiger partial charge is 0.340 e. The van der Waals surface area contributed by atoms with E-state index in [0.717, 1.165) is 21.7 Å². The van der Waals surface area contributed by atoms with Crippen molar-refractivity contribution in [2.24, 2.45) is 5.11 Å². The Bertz CT molecular complexity index is 762. The number of esters is 1. The van der Waals surface area contributed by atoms with Gasteiger partial charge in [-0.15, -0.1) is 11.3 Å². The summed E-state index contributed by atoms with van der Waals surface area (Å²) >= 11 is 7.39. The molecule has 0 unspecified atom stereocenters. The van der Waals surface area contributed by atoms with Crippen LogP contribution in [0.5, 0.6) is 0 Å². The first kappa shape index (κ1) is 17.1. The summed E-state index contributed by atoms with van der Waals surface area (Å²) in [5, 5.41) is 4.11. The monoisotopic (exact) mass is 347 g/mol. The quantitative estimate of drug-likeness (QED) is 0.236. The van der Waals surface area contributed by atoms with E-state index in [-0.39, 0.29) is 12.3 Å². The van der Waals surface area contributed by atoms with Crippen LogP contribution in [0.1, 0.15) is 22.2 Å². The van der Waals surface area contributed by atoms with Gasteiger partial charge in [0.1, 0.15) is 5.70 Å². The van der Waals surface area contributed by atoms with Crippen LogP contribution in [-0.2, 0) is 16.0 Å². The molecule has 0 spiro atoms. The molecule has 2 rings (SSSR count). The molecule has 0 N–H and O–H groups in total. The van der Waals surface area contributed by atoms with Crippen molar-refractivity contribution in [1.29, 1.82) is 0 Å². The van der Waals surface area contributed by atoms with Crippen LogP contribution in [0.3, 0.4) is 0 Å². The first-order chi connectivity index (χ1) is 11.1. The van der Waals surface area contributed by atoms with Crippen LogP contribution in [0.15, 0.2) is 47.2 Å². The fourth-order valence-corrected chi connectivity index (χ4v) is 3.00. The van der Waals surface area contributed by atoms with Gasteiger partial charge < -0.3 is 4.74 Å². The lowest BCUT2D eigenvalue weighted by molar-refractivity contribution is -0.138.